The van der Waals surface area contributed by atoms with Crippen LogP contribution in [0.15, 0.2) is 0 Å². The third kappa shape index (κ3) is 11.2. The Morgan fingerprint density at radius 1 is 1.00 bits per heavy atom. The summed E-state index contributed by atoms with van der Waals surface area (Å²) in [5.74, 6) is 0.0189. The van der Waals surface area contributed by atoms with E-state index >= 15 is 0 Å². The molecule has 0 heterocycles. The van der Waals surface area contributed by atoms with Crippen molar-refractivity contribution < 1.29 is 14.3 Å². The van der Waals surface area contributed by atoms with Crippen molar-refractivity contribution in [3.63, 3.8) is 0 Å². The van der Waals surface area contributed by atoms with E-state index in [9.17, 15) is 9.59 Å². The Kier molecular flexibility index (Phi) is 10.7. The number of amides is 1. The number of hydrogen-bond acceptors (Lipinski definition) is 3. The van der Waals surface area contributed by atoms with Crippen LogP contribution in [0.4, 0.5) is 0 Å². The molecule has 4 heteroatoms. The molecule has 0 fully saturated rings. The van der Waals surface area contributed by atoms with E-state index in [4.69, 9.17) is 4.74 Å². The van der Waals surface area contributed by atoms with Crippen LogP contribution in [0, 0.1) is 0 Å². The number of carbonyl (C=O) groups is 2. The second kappa shape index (κ2) is 11.4. The van der Waals surface area contributed by atoms with E-state index in [1.807, 2.05) is 13.8 Å². The highest BCUT2D eigenvalue weighted by Crippen LogP contribution is 2.06. The molecular weight excluding hydrogens is 218 g/mol. The summed E-state index contributed by atoms with van der Waals surface area (Å²) in [6.07, 6.45) is 5.81. The molecule has 4 nitrogen and oxygen atoms in total. The standard InChI is InChI=1S/C13H25NO3/c1-3-11-14-12(15)9-7-5-6-8-10-13(16)17-4-2/h3-11H2,1-2H3,(H,14,15). The van der Waals surface area contributed by atoms with Gasteiger partial charge in [0.15, 0.2) is 0 Å². The van der Waals surface area contributed by atoms with Gasteiger partial charge >= 0.3 is 5.97 Å². The lowest BCUT2D eigenvalue weighted by molar-refractivity contribution is -0.143. The van der Waals surface area contributed by atoms with Gasteiger partial charge < -0.3 is 10.1 Å². The topological polar surface area (TPSA) is 55.4 Å². The second-order valence-corrected chi connectivity index (χ2v) is 4.07. The van der Waals surface area contributed by atoms with Gasteiger partial charge in [-0.25, -0.2) is 0 Å². The quantitative estimate of drug-likeness (QED) is 0.473. The Balaban J connectivity index is 3.23. The molecule has 0 unspecified atom stereocenters. The number of hydrogen-bond donors (Lipinski definition) is 1. The SMILES string of the molecule is CCCNC(=O)CCCCCCC(=O)OCC. The minimum absolute atomic E-state index is 0.117. The summed E-state index contributed by atoms with van der Waals surface area (Å²) in [6.45, 7) is 5.07. The molecular formula is C13H25NO3. The largest absolute Gasteiger partial charge is 0.466 e. The third-order valence-corrected chi connectivity index (χ3v) is 2.41. The molecule has 0 aromatic rings. The summed E-state index contributed by atoms with van der Waals surface area (Å²) in [5, 5.41) is 2.85. The Hall–Kier alpha value is -1.06. The molecule has 100 valence electrons. The second-order valence-electron chi connectivity index (χ2n) is 4.07. The van der Waals surface area contributed by atoms with Crippen LogP contribution in [-0.4, -0.2) is 25.0 Å². The Morgan fingerprint density at radius 3 is 2.24 bits per heavy atom. The van der Waals surface area contributed by atoms with Crippen LogP contribution in [0.1, 0.15) is 58.8 Å². The molecule has 0 saturated carbocycles. The zero-order valence-electron chi connectivity index (χ0n) is 11.1. The van der Waals surface area contributed by atoms with Gasteiger partial charge in [-0.05, 0) is 26.2 Å². The van der Waals surface area contributed by atoms with Crippen molar-refractivity contribution >= 4 is 11.9 Å². The molecule has 0 spiro atoms. The average Bonchev–Trinajstić information content (AvgIpc) is 2.31. The van der Waals surface area contributed by atoms with Crippen LogP contribution >= 0.6 is 0 Å². The number of ether oxygens (including phenoxy) is 1. The van der Waals surface area contributed by atoms with Crippen LogP contribution < -0.4 is 5.32 Å². The molecule has 0 radical (unpaired) electrons. The molecule has 0 aliphatic rings. The zero-order valence-corrected chi connectivity index (χ0v) is 11.1. The van der Waals surface area contributed by atoms with E-state index < -0.39 is 0 Å². The van der Waals surface area contributed by atoms with Gasteiger partial charge in [0.25, 0.3) is 0 Å². The molecule has 0 bridgehead atoms. The van der Waals surface area contributed by atoms with Gasteiger partial charge in [-0.15, -0.1) is 0 Å². The van der Waals surface area contributed by atoms with E-state index in [0.717, 1.165) is 38.6 Å². The first kappa shape index (κ1) is 15.9. The fourth-order valence-corrected chi connectivity index (χ4v) is 1.49. The number of unbranched alkanes of at least 4 members (excludes halogenated alkanes) is 3. The minimum Gasteiger partial charge on any atom is -0.466 e. The van der Waals surface area contributed by atoms with Crippen LogP contribution in [-0.2, 0) is 14.3 Å². The van der Waals surface area contributed by atoms with Crippen LogP contribution in [0.2, 0.25) is 0 Å². The van der Waals surface area contributed by atoms with Crippen molar-refractivity contribution in [1.82, 2.24) is 5.32 Å². The maximum atomic E-state index is 11.2. The number of esters is 1. The first-order valence-corrected chi connectivity index (χ1v) is 6.63. The lowest BCUT2D eigenvalue weighted by Crippen LogP contribution is -2.23. The van der Waals surface area contributed by atoms with Gasteiger partial charge in [-0.1, -0.05) is 19.8 Å². The summed E-state index contributed by atoms with van der Waals surface area (Å²) in [4.78, 5) is 22.3. The smallest absolute Gasteiger partial charge is 0.305 e. The van der Waals surface area contributed by atoms with Crippen molar-refractivity contribution in [3.05, 3.63) is 0 Å². The van der Waals surface area contributed by atoms with Crippen molar-refractivity contribution in [2.24, 2.45) is 0 Å². The highest BCUT2D eigenvalue weighted by molar-refractivity contribution is 5.75. The van der Waals surface area contributed by atoms with Crippen molar-refractivity contribution in [2.75, 3.05) is 13.2 Å². The summed E-state index contributed by atoms with van der Waals surface area (Å²) >= 11 is 0. The van der Waals surface area contributed by atoms with E-state index in [-0.39, 0.29) is 11.9 Å². The van der Waals surface area contributed by atoms with Crippen molar-refractivity contribution in [2.45, 2.75) is 58.8 Å². The summed E-state index contributed by atoms with van der Waals surface area (Å²) in [7, 11) is 0. The zero-order chi connectivity index (χ0) is 12.9. The highest BCUT2D eigenvalue weighted by Gasteiger charge is 2.02. The molecule has 0 aromatic heterocycles. The predicted molar refractivity (Wildman–Crippen MR) is 67.6 cm³/mol. The third-order valence-electron chi connectivity index (χ3n) is 2.41. The molecule has 0 aliphatic carbocycles. The molecule has 1 amide bonds. The fraction of sp³-hybridized carbons (Fsp3) is 0.846. The van der Waals surface area contributed by atoms with Gasteiger partial charge in [-0.3, -0.25) is 9.59 Å². The fourth-order valence-electron chi connectivity index (χ4n) is 1.49. The van der Waals surface area contributed by atoms with E-state index in [0.29, 0.717) is 19.4 Å². The Morgan fingerprint density at radius 2 is 1.65 bits per heavy atom. The van der Waals surface area contributed by atoms with E-state index in [2.05, 4.69) is 5.32 Å². The lowest BCUT2D eigenvalue weighted by Gasteiger charge is -2.03. The predicted octanol–water partition coefficient (Wildman–Crippen LogP) is 2.42. The van der Waals surface area contributed by atoms with Gasteiger partial charge in [0, 0.05) is 19.4 Å². The monoisotopic (exact) mass is 243 g/mol. The molecule has 1 N–H and O–H groups in total. The normalized spacial score (nSPS) is 10.0. The summed E-state index contributed by atoms with van der Waals surface area (Å²) < 4.78 is 4.83. The van der Waals surface area contributed by atoms with Crippen LogP contribution in [0.5, 0.6) is 0 Å². The van der Waals surface area contributed by atoms with Gasteiger partial charge in [0.2, 0.25) is 5.91 Å². The van der Waals surface area contributed by atoms with Crippen molar-refractivity contribution in [1.29, 1.82) is 0 Å². The number of rotatable bonds is 10. The maximum Gasteiger partial charge on any atom is 0.305 e. The molecule has 17 heavy (non-hydrogen) atoms. The summed E-state index contributed by atoms with van der Waals surface area (Å²) in [5.41, 5.74) is 0. The first-order chi connectivity index (χ1) is 8.20. The number of carbonyl (C=O) groups excluding carboxylic acids is 2. The maximum absolute atomic E-state index is 11.2. The van der Waals surface area contributed by atoms with E-state index in [1.165, 1.54) is 0 Å². The number of nitrogens with one attached hydrogen (secondary N) is 1. The lowest BCUT2D eigenvalue weighted by atomic mass is 10.1. The van der Waals surface area contributed by atoms with Crippen LogP contribution in [0.25, 0.3) is 0 Å². The molecule has 0 rings (SSSR count). The Bertz CT molecular complexity index is 217. The molecule has 0 saturated heterocycles. The molecule has 0 aliphatic heterocycles. The highest BCUT2D eigenvalue weighted by atomic mass is 16.5. The molecule has 0 atom stereocenters. The van der Waals surface area contributed by atoms with Gasteiger partial charge in [0.1, 0.15) is 0 Å². The first-order valence-electron chi connectivity index (χ1n) is 6.63. The van der Waals surface area contributed by atoms with Crippen molar-refractivity contribution in [3.8, 4) is 0 Å². The minimum atomic E-state index is -0.117. The van der Waals surface area contributed by atoms with Gasteiger partial charge in [0.05, 0.1) is 6.61 Å². The van der Waals surface area contributed by atoms with Gasteiger partial charge in [-0.2, -0.15) is 0 Å². The summed E-state index contributed by atoms with van der Waals surface area (Å²) in [6, 6.07) is 0. The van der Waals surface area contributed by atoms with Crippen LogP contribution in [0.3, 0.4) is 0 Å². The Labute approximate surface area is 104 Å². The average molecular weight is 243 g/mol. The van der Waals surface area contributed by atoms with E-state index in [1.54, 1.807) is 0 Å². The molecule has 0 aromatic carbocycles.